The lowest BCUT2D eigenvalue weighted by Gasteiger charge is -2.07. The highest BCUT2D eigenvalue weighted by molar-refractivity contribution is 5.59. The second-order valence-corrected chi connectivity index (χ2v) is 7.05. The fourth-order valence-electron chi connectivity index (χ4n) is 2.55. The third-order valence-electron chi connectivity index (χ3n) is 4.00. The van der Waals surface area contributed by atoms with Crippen LogP contribution in [-0.4, -0.2) is 19.4 Å². The zero-order chi connectivity index (χ0) is 17.2. The molecule has 3 nitrogen and oxygen atoms in total. The minimum absolute atomic E-state index is 0.360. The molecular formula is C20H40O3. The lowest BCUT2D eigenvalue weighted by atomic mass is 10.0. The molecule has 3 heteroatoms. The first kappa shape index (κ1) is 22.3. The van der Waals surface area contributed by atoms with Crippen molar-refractivity contribution in [2.45, 2.75) is 104 Å². The number of hydrogen-bond donors (Lipinski definition) is 0. The SMILES string of the molecule is CCCCCCCCCCCCCCCOC(=O)OCC(C)C. The van der Waals surface area contributed by atoms with Crippen LogP contribution < -0.4 is 0 Å². The summed E-state index contributed by atoms with van der Waals surface area (Å²) >= 11 is 0. The van der Waals surface area contributed by atoms with Crippen LogP contribution in [0.4, 0.5) is 4.79 Å². The first-order valence-corrected chi connectivity index (χ1v) is 9.96. The van der Waals surface area contributed by atoms with Crippen LogP contribution in [0.3, 0.4) is 0 Å². The van der Waals surface area contributed by atoms with Gasteiger partial charge in [0.25, 0.3) is 0 Å². The van der Waals surface area contributed by atoms with E-state index in [9.17, 15) is 4.79 Å². The Hall–Kier alpha value is -0.730. The summed E-state index contributed by atoms with van der Waals surface area (Å²) in [7, 11) is 0. The van der Waals surface area contributed by atoms with Gasteiger partial charge < -0.3 is 9.47 Å². The smallest absolute Gasteiger partial charge is 0.434 e. The maximum atomic E-state index is 11.2. The molecule has 0 spiro atoms. The minimum atomic E-state index is -0.516. The number of unbranched alkanes of at least 4 members (excludes halogenated alkanes) is 12. The zero-order valence-corrected chi connectivity index (χ0v) is 15.9. The summed E-state index contributed by atoms with van der Waals surface area (Å²) in [6.07, 6.45) is 16.7. The molecule has 0 aliphatic carbocycles. The van der Waals surface area contributed by atoms with Gasteiger partial charge in [0.1, 0.15) is 0 Å². The van der Waals surface area contributed by atoms with E-state index >= 15 is 0 Å². The van der Waals surface area contributed by atoms with Gasteiger partial charge in [-0.2, -0.15) is 0 Å². The van der Waals surface area contributed by atoms with Crippen molar-refractivity contribution in [2.75, 3.05) is 13.2 Å². The molecule has 0 fully saturated rings. The fourth-order valence-corrected chi connectivity index (χ4v) is 2.55. The van der Waals surface area contributed by atoms with Gasteiger partial charge in [-0.15, -0.1) is 0 Å². The van der Waals surface area contributed by atoms with Crippen LogP contribution in [-0.2, 0) is 9.47 Å². The van der Waals surface area contributed by atoms with E-state index in [1.165, 1.54) is 70.6 Å². The van der Waals surface area contributed by atoms with E-state index in [1.54, 1.807) is 0 Å². The van der Waals surface area contributed by atoms with E-state index in [1.807, 2.05) is 13.8 Å². The summed E-state index contributed by atoms with van der Waals surface area (Å²) < 4.78 is 9.99. The van der Waals surface area contributed by atoms with Gasteiger partial charge in [0.05, 0.1) is 13.2 Å². The van der Waals surface area contributed by atoms with Gasteiger partial charge in [0.15, 0.2) is 0 Å². The van der Waals surface area contributed by atoms with Crippen molar-refractivity contribution in [3.05, 3.63) is 0 Å². The molecule has 0 aliphatic rings. The van der Waals surface area contributed by atoms with Crippen LogP contribution in [0.15, 0.2) is 0 Å². The second kappa shape index (κ2) is 17.6. The second-order valence-electron chi connectivity index (χ2n) is 7.05. The van der Waals surface area contributed by atoms with Crippen LogP contribution in [0.2, 0.25) is 0 Å². The molecule has 23 heavy (non-hydrogen) atoms. The molecule has 0 aromatic carbocycles. The Morgan fingerprint density at radius 3 is 1.57 bits per heavy atom. The number of hydrogen-bond acceptors (Lipinski definition) is 3. The maximum Gasteiger partial charge on any atom is 0.508 e. The summed E-state index contributed by atoms with van der Waals surface area (Å²) in [6, 6.07) is 0. The van der Waals surface area contributed by atoms with Crippen molar-refractivity contribution < 1.29 is 14.3 Å². The Balaban J connectivity index is 3.09. The molecule has 0 aliphatic heterocycles. The van der Waals surface area contributed by atoms with Crippen molar-refractivity contribution in [3.63, 3.8) is 0 Å². The first-order valence-electron chi connectivity index (χ1n) is 9.96. The van der Waals surface area contributed by atoms with Gasteiger partial charge in [-0.1, -0.05) is 97.8 Å². The molecule has 0 rings (SSSR count). The third kappa shape index (κ3) is 19.2. The number of carbonyl (C=O) groups excluding carboxylic acids is 1. The average molecular weight is 329 g/mol. The Bertz CT molecular complexity index is 251. The van der Waals surface area contributed by atoms with Gasteiger partial charge in [0, 0.05) is 0 Å². The van der Waals surface area contributed by atoms with Crippen molar-refractivity contribution in [3.8, 4) is 0 Å². The van der Waals surface area contributed by atoms with Crippen LogP contribution in [0.5, 0.6) is 0 Å². The molecule has 0 amide bonds. The van der Waals surface area contributed by atoms with Gasteiger partial charge in [0.2, 0.25) is 0 Å². The fraction of sp³-hybridized carbons (Fsp3) is 0.950. The summed E-state index contributed by atoms with van der Waals surface area (Å²) in [5.74, 6) is 0.360. The number of carbonyl (C=O) groups is 1. The average Bonchev–Trinajstić information content (AvgIpc) is 2.53. The summed E-state index contributed by atoms with van der Waals surface area (Å²) in [4.78, 5) is 11.2. The highest BCUT2D eigenvalue weighted by atomic mass is 16.7. The molecule has 0 bridgehead atoms. The highest BCUT2D eigenvalue weighted by Crippen LogP contribution is 2.12. The molecule has 0 N–H and O–H groups in total. The molecule has 0 aromatic heterocycles. The van der Waals surface area contributed by atoms with Crippen molar-refractivity contribution >= 4 is 6.16 Å². The standard InChI is InChI=1S/C20H40O3/c1-4-5-6-7-8-9-10-11-12-13-14-15-16-17-22-20(21)23-18-19(2)3/h19H,4-18H2,1-3H3. The normalized spacial score (nSPS) is 11.0. The summed E-state index contributed by atoms with van der Waals surface area (Å²) in [5, 5.41) is 0. The molecule has 0 atom stereocenters. The molecule has 0 heterocycles. The van der Waals surface area contributed by atoms with E-state index < -0.39 is 6.16 Å². The minimum Gasteiger partial charge on any atom is -0.434 e. The number of rotatable bonds is 16. The Morgan fingerprint density at radius 1 is 0.696 bits per heavy atom. The van der Waals surface area contributed by atoms with Gasteiger partial charge in [-0.25, -0.2) is 4.79 Å². The molecule has 0 radical (unpaired) electrons. The van der Waals surface area contributed by atoms with E-state index in [2.05, 4.69) is 6.92 Å². The first-order chi connectivity index (χ1) is 11.2. The third-order valence-corrected chi connectivity index (χ3v) is 4.00. The lowest BCUT2D eigenvalue weighted by molar-refractivity contribution is 0.0465. The van der Waals surface area contributed by atoms with Crippen LogP contribution >= 0.6 is 0 Å². The van der Waals surface area contributed by atoms with Crippen LogP contribution in [0, 0.1) is 5.92 Å². The van der Waals surface area contributed by atoms with Crippen molar-refractivity contribution in [2.24, 2.45) is 5.92 Å². The van der Waals surface area contributed by atoms with Crippen LogP contribution in [0.1, 0.15) is 104 Å². The summed E-state index contributed by atoms with van der Waals surface area (Å²) in [5.41, 5.74) is 0. The van der Waals surface area contributed by atoms with Crippen molar-refractivity contribution in [1.82, 2.24) is 0 Å². The largest absolute Gasteiger partial charge is 0.508 e. The van der Waals surface area contributed by atoms with Gasteiger partial charge >= 0.3 is 6.16 Å². The van der Waals surface area contributed by atoms with Gasteiger partial charge in [-0.05, 0) is 12.3 Å². The van der Waals surface area contributed by atoms with Gasteiger partial charge in [-0.3, -0.25) is 0 Å². The zero-order valence-electron chi connectivity index (χ0n) is 15.9. The van der Waals surface area contributed by atoms with Crippen molar-refractivity contribution in [1.29, 1.82) is 0 Å². The lowest BCUT2D eigenvalue weighted by Crippen LogP contribution is -2.12. The topological polar surface area (TPSA) is 35.5 Å². The predicted octanol–water partition coefficient (Wildman–Crippen LogP) is 6.89. The Labute approximate surface area is 144 Å². The molecule has 0 aromatic rings. The quantitative estimate of drug-likeness (QED) is 0.229. The van der Waals surface area contributed by atoms with Crippen LogP contribution in [0.25, 0.3) is 0 Å². The number of ether oxygens (including phenoxy) is 2. The van der Waals surface area contributed by atoms with E-state index in [-0.39, 0.29) is 0 Å². The molecular weight excluding hydrogens is 288 g/mol. The Kier molecular flexibility index (Phi) is 17.1. The monoisotopic (exact) mass is 328 g/mol. The molecule has 0 unspecified atom stereocenters. The van der Waals surface area contributed by atoms with E-state index in [0.29, 0.717) is 19.1 Å². The van der Waals surface area contributed by atoms with E-state index in [0.717, 1.165) is 12.8 Å². The van der Waals surface area contributed by atoms with E-state index in [4.69, 9.17) is 9.47 Å². The molecule has 0 saturated carbocycles. The Morgan fingerprint density at radius 2 is 1.13 bits per heavy atom. The summed E-state index contributed by atoms with van der Waals surface area (Å²) in [6.45, 7) is 7.23. The highest BCUT2D eigenvalue weighted by Gasteiger charge is 2.04. The predicted molar refractivity (Wildman–Crippen MR) is 97.8 cm³/mol. The molecule has 0 saturated heterocycles. The maximum absolute atomic E-state index is 11.2. The molecule has 138 valence electrons.